The quantitative estimate of drug-likeness (QED) is 0.594. The van der Waals surface area contributed by atoms with Crippen LogP contribution in [0.15, 0.2) is 67.0 Å². The number of para-hydroxylation sites is 1. The summed E-state index contributed by atoms with van der Waals surface area (Å²) < 4.78 is 1.72. The van der Waals surface area contributed by atoms with E-state index in [1.165, 1.54) is 6.07 Å². The highest BCUT2D eigenvalue weighted by Gasteiger charge is 2.19. The van der Waals surface area contributed by atoms with Gasteiger partial charge in [0.05, 0.1) is 5.56 Å². The van der Waals surface area contributed by atoms with E-state index in [-0.39, 0.29) is 11.3 Å². The maximum absolute atomic E-state index is 12.7. The number of phenols is 1. The summed E-state index contributed by atoms with van der Waals surface area (Å²) in [5.41, 5.74) is 2.82. The Morgan fingerprint density at radius 1 is 1.08 bits per heavy atom. The summed E-state index contributed by atoms with van der Waals surface area (Å²) in [6.07, 6.45) is 3.43. The highest BCUT2D eigenvalue weighted by molar-refractivity contribution is 6.07. The zero-order chi connectivity index (χ0) is 18.1. The van der Waals surface area contributed by atoms with Crippen LogP contribution >= 0.6 is 0 Å². The van der Waals surface area contributed by atoms with Gasteiger partial charge >= 0.3 is 0 Å². The van der Waals surface area contributed by atoms with Gasteiger partial charge in [0.15, 0.2) is 0 Å². The number of anilines is 1. The third-order valence-corrected chi connectivity index (χ3v) is 4.11. The number of nitrogens with zero attached hydrogens (tertiary/aromatic N) is 3. The van der Waals surface area contributed by atoms with Crippen molar-refractivity contribution >= 4 is 17.5 Å². The fourth-order valence-electron chi connectivity index (χ4n) is 2.76. The molecule has 2 heterocycles. The molecule has 0 fully saturated rings. The van der Waals surface area contributed by atoms with Crippen LogP contribution in [0.25, 0.3) is 17.0 Å². The maximum atomic E-state index is 12.7. The molecule has 0 atom stereocenters. The van der Waals surface area contributed by atoms with Crippen LogP contribution < -0.4 is 5.32 Å². The number of hydrogen-bond acceptors (Lipinski definition) is 4. The number of carbonyl (C=O) groups is 1. The van der Waals surface area contributed by atoms with Crippen molar-refractivity contribution in [3.05, 3.63) is 78.1 Å². The molecule has 6 nitrogen and oxygen atoms in total. The van der Waals surface area contributed by atoms with E-state index in [2.05, 4.69) is 15.3 Å². The molecule has 2 N–H and O–H groups in total. The normalized spacial score (nSPS) is 10.8. The van der Waals surface area contributed by atoms with Gasteiger partial charge in [-0.05, 0) is 25.1 Å². The second-order valence-electron chi connectivity index (χ2n) is 5.94. The molecule has 0 radical (unpaired) electrons. The molecular formula is C20H16N4O2. The molecule has 2 aromatic heterocycles. The monoisotopic (exact) mass is 344 g/mol. The lowest BCUT2D eigenvalue weighted by molar-refractivity contribution is 0.102. The molecule has 6 heteroatoms. The van der Waals surface area contributed by atoms with Crippen LogP contribution in [0.4, 0.5) is 5.82 Å². The van der Waals surface area contributed by atoms with Gasteiger partial charge in [0.2, 0.25) is 5.78 Å². The van der Waals surface area contributed by atoms with Crippen LogP contribution in [0, 0.1) is 6.92 Å². The lowest BCUT2D eigenvalue weighted by Gasteiger charge is -2.09. The molecule has 0 aliphatic rings. The number of phenolic OH excluding ortho intramolecular Hbond substituents is 1. The zero-order valence-corrected chi connectivity index (χ0v) is 14.0. The smallest absolute Gasteiger partial charge is 0.260 e. The number of carbonyl (C=O) groups excluding carboxylic acids is 1. The van der Waals surface area contributed by atoms with Crippen LogP contribution in [-0.4, -0.2) is 25.4 Å². The number of benzene rings is 2. The second-order valence-corrected chi connectivity index (χ2v) is 5.94. The predicted octanol–water partition coefficient (Wildman–Crippen LogP) is 3.66. The summed E-state index contributed by atoms with van der Waals surface area (Å²) in [5.74, 6) is 0.497. The van der Waals surface area contributed by atoms with Gasteiger partial charge in [0, 0.05) is 18.0 Å². The Bertz CT molecular complexity index is 1100. The Kier molecular flexibility index (Phi) is 3.85. The van der Waals surface area contributed by atoms with Gasteiger partial charge in [-0.1, -0.05) is 42.0 Å². The second kappa shape index (κ2) is 6.33. The number of fused-ring (bicyclic) bond motifs is 1. The molecular weight excluding hydrogens is 328 g/mol. The van der Waals surface area contributed by atoms with Crippen LogP contribution in [0.5, 0.6) is 5.75 Å². The van der Waals surface area contributed by atoms with Crippen LogP contribution in [-0.2, 0) is 0 Å². The van der Waals surface area contributed by atoms with E-state index in [1.54, 1.807) is 41.1 Å². The molecule has 0 saturated heterocycles. The fraction of sp³-hybridized carbons (Fsp3) is 0.0500. The molecule has 26 heavy (non-hydrogen) atoms. The van der Waals surface area contributed by atoms with Crippen molar-refractivity contribution in [3.8, 4) is 17.0 Å². The average molecular weight is 344 g/mol. The fourth-order valence-corrected chi connectivity index (χ4v) is 2.76. The molecule has 0 saturated carbocycles. The average Bonchev–Trinajstić information content (AvgIpc) is 3.01. The molecule has 1 amide bonds. The van der Waals surface area contributed by atoms with Crippen molar-refractivity contribution in [2.24, 2.45) is 0 Å². The number of aromatic hydroxyl groups is 1. The van der Waals surface area contributed by atoms with E-state index >= 15 is 0 Å². The van der Waals surface area contributed by atoms with E-state index in [0.29, 0.717) is 17.3 Å². The van der Waals surface area contributed by atoms with Crippen molar-refractivity contribution in [2.45, 2.75) is 6.92 Å². The number of imidazole rings is 1. The highest BCUT2D eigenvalue weighted by Crippen LogP contribution is 2.29. The number of amides is 1. The minimum atomic E-state index is -0.415. The van der Waals surface area contributed by atoms with Gasteiger partial charge in [0.1, 0.15) is 17.3 Å². The van der Waals surface area contributed by atoms with Crippen molar-refractivity contribution in [2.75, 3.05) is 5.32 Å². The van der Waals surface area contributed by atoms with Crippen molar-refractivity contribution in [3.63, 3.8) is 0 Å². The Balaban J connectivity index is 1.83. The highest BCUT2D eigenvalue weighted by atomic mass is 16.3. The summed E-state index contributed by atoms with van der Waals surface area (Å²) in [5, 5.41) is 12.8. The molecule has 4 rings (SSSR count). The van der Waals surface area contributed by atoms with Gasteiger partial charge < -0.3 is 10.4 Å². The Hall–Kier alpha value is -3.67. The Morgan fingerprint density at radius 2 is 1.85 bits per heavy atom. The molecule has 0 aliphatic carbocycles. The van der Waals surface area contributed by atoms with Crippen molar-refractivity contribution < 1.29 is 9.90 Å². The third-order valence-electron chi connectivity index (χ3n) is 4.11. The van der Waals surface area contributed by atoms with Crippen molar-refractivity contribution in [1.82, 2.24) is 14.4 Å². The van der Waals surface area contributed by atoms with Crippen molar-refractivity contribution in [1.29, 1.82) is 0 Å². The third kappa shape index (κ3) is 2.77. The van der Waals surface area contributed by atoms with Gasteiger partial charge in [-0.15, -0.1) is 0 Å². The van der Waals surface area contributed by atoms with E-state index in [1.807, 2.05) is 31.2 Å². The van der Waals surface area contributed by atoms with E-state index < -0.39 is 5.91 Å². The van der Waals surface area contributed by atoms with Gasteiger partial charge in [0.25, 0.3) is 5.91 Å². The lowest BCUT2D eigenvalue weighted by atomic mass is 10.1. The Morgan fingerprint density at radius 3 is 2.62 bits per heavy atom. The SMILES string of the molecule is Cc1ccc(-c2nc3ncccn3c2NC(=O)c2ccccc2O)cc1. The van der Waals surface area contributed by atoms with E-state index in [9.17, 15) is 9.90 Å². The van der Waals surface area contributed by atoms with E-state index in [0.717, 1.165) is 11.1 Å². The number of rotatable bonds is 3. The van der Waals surface area contributed by atoms with Gasteiger partial charge in [-0.25, -0.2) is 9.97 Å². The van der Waals surface area contributed by atoms with E-state index in [4.69, 9.17) is 0 Å². The minimum absolute atomic E-state index is 0.0752. The van der Waals surface area contributed by atoms with Crippen LogP contribution in [0.3, 0.4) is 0 Å². The number of nitrogens with one attached hydrogen (secondary N) is 1. The van der Waals surface area contributed by atoms with Crippen LogP contribution in [0.1, 0.15) is 15.9 Å². The Labute approximate surface area is 149 Å². The first kappa shape index (κ1) is 15.8. The molecule has 4 aromatic rings. The summed E-state index contributed by atoms with van der Waals surface area (Å²) in [4.78, 5) is 21.5. The first-order valence-electron chi connectivity index (χ1n) is 8.13. The molecule has 0 unspecified atom stereocenters. The summed E-state index contributed by atoms with van der Waals surface area (Å²) in [7, 11) is 0. The molecule has 0 aliphatic heterocycles. The maximum Gasteiger partial charge on any atom is 0.260 e. The summed E-state index contributed by atoms with van der Waals surface area (Å²) in [6.45, 7) is 2.01. The predicted molar refractivity (Wildman–Crippen MR) is 99.2 cm³/mol. The van der Waals surface area contributed by atoms with Gasteiger partial charge in [-0.2, -0.15) is 0 Å². The lowest BCUT2D eigenvalue weighted by Crippen LogP contribution is -2.14. The van der Waals surface area contributed by atoms with Crippen LogP contribution in [0.2, 0.25) is 0 Å². The largest absolute Gasteiger partial charge is 0.507 e. The van der Waals surface area contributed by atoms with Gasteiger partial charge in [-0.3, -0.25) is 9.20 Å². The standard InChI is InChI=1S/C20H16N4O2/c1-13-7-9-14(10-8-13)17-18(24-12-4-11-21-20(24)22-17)23-19(26)15-5-2-3-6-16(15)25/h2-12,25H,1H3,(H,23,26). The number of aromatic nitrogens is 3. The first-order valence-corrected chi connectivity index (χ1v) is 8.13. The summed E-state index contributed by atoms with van der Waals surface area (Å²) >= 11 is 0. The molecule has 2 aromatic carbocycles. The zero-order valence-electron chi connectivity index (χ0n) is 14.0. The number of aryl methyl sites for hydroxylation is 1. The topological polar surface area (TPSA) is 79.5 Å². The summed E-state index contributed by atoms with van der Waals surface area (Å²) in [6, 6.07) is 16.1. The first-order chi connectivity index (χ1) is 12.6. The number of hydrogen-bond donors (Lipinski definition) is 2. The molecule has 0 spiro atoms. The molecule has 128 valence electrons. The minimum Gasteiger partial charge on any atom is -0.507 e. The molecule has 0 bridgehead atoms.